The molecule has 1 aliphatic rings. The normalized spacial score (nSPS) is 16.3. The fourth-order valence-electron chi connectivity index (χ4n) is 2.64. The van der Waals surface area contributed by atoms with Crippen LogP contribution in [0.2, 0.25) is 5.02 Å². The minimum atomic E-state index is -0.208. The lowest BCUT2D eigenvalue weighted by molar-refractivity contribution is 0.0930. The van der Waals surface area contributed by atoms with Crippen molar-refractivity contribution in [3.8, 4) is 0 Å². The molecule has 4 nitrogen and oxygen atoms in total. The largest absolute Gasteiger partial charge is 0.322 e. The number of Topliss-reactive ketones (excluding diaryl/α,β-unsaturated/α-hetero) is 1. The molecule has 1 atom stereocenters. The Bertz CT molecular complexity index is 709. The first-order valence-corrected chi connectivity index (χ1v) is 7.93. The van der Waals surface area contributed by atoms with Gasteiger partial charge in [-0.2, -0.15) is 0 Å². The third-order valence-corrected chi connectivity index (χ3v) is 4.22. The summed E-state index contributed by atoms with van der Waals surface area (Å²) in [6.07, 6.45) is 0.883. The lowest BCUT2D eigenvalue weighted by Crippen LogP contribution is -2.18. The fraction of sp³-hybridized carbons (Fsp3) is 0.222. The van der Waals surface area contributed by atoms with Gasteiger partial charge in [-0.15, -0.1) is 12.4 Å². The molecule has 0 aliphatic carbocycles. The van der Waals surface area contributed by atoms with Crippen LogP contribution in [0.15, 0.2) is 48.5 Å². The first kappa shape index (κ1) is 18.5. The van der Waals surface area contributed by atoms with E-state index in [0.717, 1.165) is 19.5 Å². The number of carbonyl (C=O) groups is 2. The predicted octanol–water partition coefficient (Wildman–Crippen LogP) is 3.81. The first-order valence-electron chi connectivity index (χ1n) is 7.55. The Labute approximate surface area is 152 Å². The number of halogens is 2. The Morgan fingerprint density at radius 3 is 2.21 bits per heavy atom. The van der Waals surface area contributed by atoms with Gasteiger partial charge in [-0.1, -0.05) is 11.6 Å². The van der Waals surface area contributed by atoms with Crippen LogP contribution >= 0.6 is 24.0 Å². The van der Waals surface area contributed by atoms with Crippen molar-refractivity contribution < 1.29 is 9.59 Å². The van der Waals surface area contributed by atoms with E-state index in [0.29, 0.717) is 21.8 Å². The SMILES string of the molecule is Cl.O=C(Nc1ccc(C(=O)[C@@H]2CCNC2)cc1)c1ccc(Cl)cc1. The van der Waals surface area contributed by atoms with Crippen LogP contribution in [0.25, 0.3) is 0 Å². The van der Waals surface area contributed by atoms with Crippen molar-refractivity contribution in [3.63, 3.8) is 0 Å². The quantitative estimate of drug-likeness (QED) is 0.811. The van der Waals surface area contributed by atoms with Gasteiger partial charge in [0.1, 0.15) is 0 Å². The number of hydrogen-bond donors (Lipinski definition) is 2. The zero-order valence-electron chi connectivity index (χ0n) is 12.9. The Hall–Kier alpha value is -1.88. The number of rotatable bonds is 4. The summed E-state index contributed by atoms with van der Waals surface area (Å²) in [7, 11) is 0. The lowest BCUT2D eigenvalue weighted by Gasteiger charge is -2.09. The van der Waals surface area contributed by atoms with E-state index in [-0.39, 0.29) is 30.0 Å². The Kier molecular flexibility index (Phi) is 6.37. The summed E-state index contributed by atoms with van der Waals surface area (Å²) in [5, 5.41) is 6.59. The molecule has 0 aromatic heterocycles. The molecule has 1 fully saturated rings. The van der Waals surface area contributed by atoms with Crippen LogP contribution in [0.4, 0.5) is 5.69 Å². The molecule has 0 radical (unpaired) electrons. The van der Waals surface area contributed by atoms with Crippen molar-refractivity contribution in [1.29, 1.82) is 0 Å². The van der Waals surface area contributed by atoms with Crippen molar-refractivity contribution in [3.05, 3.63) is 64.7 Å². The first-order chi connectivity index (χ1) is 11.1. The second-order valence-electron chi connectivity index (χ2n) is 5.59. The number of amides is 1. The number of carbonyl (C=O) groups excluding carboxylic acids is 2. The van der Waals surface area contributed by atoms with Crippen LogP contribution in [0.5, 0.6) is 0 Å². The maximum Gasteiger partial charge on any atom is 0.255 e. The lowest BCUT2D eigenvalue weighted by atomic mass is 9.97. The summed E-state index contributed by atoms with van der Waals surface area (Å²) in [4.78, 5) is 24.4. The average Bonchev–Trinajstić information content (AvgIpc) is 3.10. The molecular formula is C18H18Cl2N2O2. The zero-order chi connectivity index (χ0) is 16.2. The maximum absolute atomic E-state index is 12.3. The van der Waals surface area contributed by atoms with Crippen LogP contribution < -0.4 is 10.6 Å². The molecule has 1 aliphatic heterocycles. The molecule has 6 heteroatoms. The smallest absolute Gasteiger partial charge is 0.255 e. The molecule has 2 N–H and O–H groups in total. The maximum atomic E-state index is 12.3. The van der Waals surface area contributed by atoms with Gasteiger partial charge in [0, 0.05) is 34.3 Å². The molecule has 126 valence electrons. The van der Waals surface area contributed by atoms with Crippen LogP contribution in [-0.2, 0) is 0 Å². The number of ketones is 1. The van der Waals surface area contributed by atoms with Gasteiger partial charge in [0.2, 0.25) is 0 Å². The summed E-state index contributed by atoms with van der Waals surface area (Å²) < 4.78 is 0. The molecule has 0 bridgehead atoms. The second kappa shape index (κ2) is 8.29. The van der Waals surface area contributed by atoms with E-state index in [2.05, 4.69) is 10.6 Å². The molecule has 2 aromatic rings. The average molecular weight is 365 g/mol. The minimum absolute atomic E-state index is 0. The standard InChI is InChI=1S/C18H17ClN2O2.ClH/c19-15-5-1-13(2-6-15)18(23)21-16-7-3-12(4-8-16)17(22)14-9-10-20-11-14;/h1-8,14,20H,9-11H2,(H,21,23);1H/t14-;/m1./s1. The highest BCUT2D eigenvalue weighted by Crippen LogP contribution is 2.18. The minimum Gasteiger partial charge on any atom is -0.322 e. The topological polar surface area (TPSA) is 58.2 Å². The molecule has 0 unspecified atom stereocenters. The number of anilines is 1. The van der Waals surface area contributed by atoms with Gasteiger partial charge in [-0.3, -0.25) is 9.59 Å². The van der Waals surface area contributed by atoms with E-state index in [4.69, 9.17) is 11.6 Å². The zero-order valence-corrected chi connectivity index (χ0v) is 14.5. The third-order valence-electron chi connectivity index (χ3n) is 3.96. The van der Waals surface area contributed by atoms with Crippen LogP contribution in [0.3, 0.4) is 0 Å². The Morgan fingerprint density at radius 1 is 1.00 bits per heavy atom. The molecule has 1 saturated heterocycles. The highest BCUT2D eigenvalue weighted by Gasteiger charge is 2.23. The van der Waals surface area contributed by atoms with Gasteiger partial charge in [0.25, 0.3) is 5.91 Å². The molecular weight excluding hydrogens is 347 g/mol. The Morgan fingerprint density at radius 2 is 1.62 bits per heavy atom. The fourth-order valence-corrected chi connectivity index (χ4v) is 2.76. The van der Waals surface area contributed by atoms with Crippen LogP contribution in [0.1, 0.15) is 27.1 Å². The van der Waals surface area contributed by atoms with Gasteiger partial charge < -0.3 is 10.6 Å². The molecule has 24 heavy (non-hydrogen) atoms. The van der Waals surface area contributed by atoms with Crippen molar-refractivity contribution in [2.45, 2.75) is 6.42 Å². The summed E-state index contributed by atoms with van der Waals surface area (Å²) in [5.41, 5.74) is 1.88. The van der Waals surface area contributed by atoms with Gasteiger partial charge >= 0.3 is 0 Å². The molecule has 0 saturated carbocycles. The summed E-state index contributed by atoms with van der Waals surface area (Å²) >= 11 is 5.81. The van der Waals surface area contributed by atoms with Gasteiger partial charge in [-0.05, 0) is 61.5 Å². The summed E-state index contributed by atoms with van der Waals surface area (Å²) in [6.45, 7) is 1.64. The second-order valence-corrected chi connectivity index (χ2v) is 6.03. The summed E-state index contributed by atoms with van der Waals surface area (Å²) in [6, 6.07) is 13.7. The van der Waals surface area contributed by atoms with Crippen molar-refractivity contribution in [2.24, 2.45) is 5.92 Å². The van der Waals surface area contributed by atoms with Crippen molar-refractivity contribution in [1.82, 2.24) is 5.32 Å². The van der Waals surface area contributed by atoms with E-state index < -0.39 is 0 Å². The van der Waals surface area contributed by atoms with E-state index in [1.54, 1.807) is 48.5 Å². The van der Waals surface area contributed by atoms with Gasteiger partial charge in [0.15, 0.2) is 5.78 Å². The molecule has 1 heterocycles. The monoisotopic (exact) mass is 364 g/mol. The van der Waals surface area contributed by atoms with Crippen molar-refractivity contribution in [2.75, 3.05) is 18.4 Å². The number of hydrogen-bond acceptors (Lipinski definition) is 3. The highest BCUT2D eigenvalue weighted by atomic mass is 35.5. The summed E-state index contributed by atoms with van der Waals surface area (Å²) in [5.74, 6) is 0.0100. The van der Waals surface area contributed by atoms with Gasteiger partial charge in [0.05, 0.1) is 0 Å². The van der Waals surface area contributed by atoms with E-state index in [1.165, 1.54) is 0 Å². The van der Waals surface area contributed by atoms with Crippen LogP contribution in [0, 0.1) is 5.92 Å². The number of benzene rings is 2. The van der Waals surface area contributed by atoms with Crippen LogP contribution in [-0.4, -0.2) is 24.8 Å². The molecule has 1 amide bonds. The third kappa shape index (κ3) is 4.35. The Balaban J connectivity index is 0.00000208. The molecule has 2 aromatic carbocycles. The molecule has 3 rings (SSSR count). The number of nitrogens with one attached hydrogen (secondary N) is 2. The van der Waals surface area contributed by atoms with Crippen molar-refractivity contribution >= 4 is 41.4 Å². The van der Waals surface area contributed by atoms with Gasteiger partial charge in [-0.25, -0.2) is 0 Å². The predicted molar refractivity (Wildman–Crippen MR) is 98.4 cm³/mol. The van der Waals surface area contributed by atoms with E-state index in [9.17, 15) is 9.59 Å². The van der Waals surface area contributed by atoms with E-state index >= 15 is 0 Å². The van der Waals surface area contributed by atoms with E-state index in [1.807, 2.05) is 0 Å². The molecule has 0 spiro atoms. The highest BCUT2D eigenvalue weighted by molar-refractivity contribution is 6.30.